The van der Waals surface area contributed by atoms with Crippen LogP contribution in [0.2, 0.25) is 0 Å². The average Bonchev–Trinajstić information content (AvgIpc) is 2.54. The molecule has 0 atom stereocenters. The van der Waals surface area contributed by atoms with Crippen molar-refractivity contribution < 1.29 is 9.47 Å². The number of nitrogens with two attached hydrogens (primary N) is 1. The van der Waals surface area contributed by atoms with E-state index in [1.54, 1.807) is 14.2 Å². The Labute approximate surface area is 167 Å². The van der Waals surface area contributed by atoms with E-state index in [1.807, 2.05) is 37.3 Å². The molecule has 0 aliphatic carbocycles. The molecule has 0 fully saturated rings. The smallest absolute Gasteiger partial charge is 0.193 e. The first-order valence-corrected chi connectivity index (χ1v) is 7.86. The summed E-state index contributed by atoms with van der Waals surface area (Å²) >= 11 is 3.45. The molecule has 0 heterocycles. The molecular formula is C17H21BrIN3O2. The first-order chi connectivity index (χ1) is 11.0. The molecule has 3 N–H and O–H groups in total. The number of rotatable bonds is 5. The van der Waals surface area contributed by atoms with Gasteiger partial charge >= 0.3 is 0 Å². The van der Waals surface area contributed by atoms with Crippen molar-refractivity contribution >= 4 is 51.6 Å². The summed E-state index contributed by atoms with van der Waals surface area (Å²) in [6.45, 7) is 2.57. The lowest BCUT2D eigenvalue weighted by molar-refractivity contribution is 0.355. The van der Waals surface area contributed by atoms with Crippen molar-refractivity contribution in [2.75, 3.05) is 19.5 Å². The summed E-state index contributed by atoms with van der Waals surface area (Å²) in [7, 11) is 3.19. The zero-order valence-electron chi connectivity index (χ0n) is 13.8. The summed E-state index contributed by atoms with van der Waals surface area (Å²) in [4.78, 5) is 4.37. The highest BCUT2D eigenvalue weighted by Crippen LogP contribution is 2.29. The minimum atomic E-state index is 0. The number of nitrogens with one attached hydrogen (secondary N) is 1. The van der Waals surface area contributed by atoms with Crippen LogP contribution in [0.3, 0.4) is 0 Å². The van der Waals surface area contributed by atoms with Crippen LogP contribution >= 0.6 is 39.9 Å². The number of methoxy groups -OCH3 is 2. The molecule has 0 amide bonds. The highest BCUT2D eigenvalue weighted by molar-refractivity contribution is 14.0. The van der Waals surface area contributed by atoms with E-state index in [2.05, 4.69) is 32.3 Å². The van der Waals surface area contributed by atoms with Gasteiger partial charge in [0.2, 0.25) is 0 Å². The van der Waals surface area contributed by atoms with Gasteiger partial charge in [-0.2, -0.15) is 0 Å². The number of benzene rings is 2. The largest absolute Gasteiger partial charge is 0.493 e. The molecular weight excluding hydrogens is 485 g/mol. The summed E-state index contributed by atoms with van der Waals surface area (Å²) < 4.78 is 11.5. The van der Waals surface area contributed by atoms with Gasteiger partial charge in [-0.25, -0.2) is 4.99 Å². The molecule has 2 rings (SSSR count). The number of aryl methyl sites for hydroxylation is 1. The van der Waals surface area contributed by atoms with Crippen LogP contribution in [0.25, 0.3) is 0 Å². The molecule has 5 nitrogen and oxygen atoms in total. The minimum Gasteiger partial charge on any atom is -0.493 e. The normalized spacial score (nSPS) is 10.8. The molecule has 0 saturated heterocycles. The molecule has 2 aromatic rings. The fourth-order valence-corrected chi connectivity index (χ4v) is 2.58. The second-order valence-corrected chi connectivity index (χ2v) is 5.88. The van der Waals surface area contributed by atoms with Gasteiger partial charge in [-0.1, -0.05) is 22.0 Å². The van der Waals surface area contributed by atoms with E-state index in [0.29, 0.717) is 24.0 Å². The number of anilines is 1. The van der Waals surface area contributed by atoms with E-state index in [-0.39, 0.29) is 24.0 Å². The highest BCUT2D eigenvalue weighted by Gasteiger charge is 2.05. The van der Waals surface area contributed by atoms with Gasteiger partial charge in [-0.05, 0) is 42.3 Å². The van der Waals surface area contributed by atoms with Crippen LogP contribution < -0.4 is 20.5 Å². The Morgan fingerprint density at radius 3 is 2.46 bits per heavy atom. The number of hydrogen-bond acceptors (Lipinski definition) is 3. The predicted octanol–water partition coefficient (Wildman–Crippen LogP) is 4.32. The molecule has 0 aliphatic rings. The maximum Gasteiger partial charge on any atom is 0.193 e. The second kappa shape index (κ2) is 9.73. The Kier molecular flexibility index (Phi) is 8.34. The van der Waals surface area contributed by atoms with Crippen LogP contribution in [-0.4, -0.2) is 20.2 Å². The van der Waals surface area contributed by atoms with E-state index in [9.17, 15) is 0 Å². The van der Waals surface area contributed by atoms with Gasteiger partial charge in [0.1, 0.15) is 0 Å². The lowest BCUT2D eigenvalue weighted by atomic mass is 10.1. The standard InChI is InChI=1S/C17H20BrN3O2.HI/c1-11-8-13(18)5-4-12(11)10-20-17(19)21-14-6-7-15(22-2)16(9-14)23-3;/h4-9H,10H2,1-3H3,(H3,19,20,21);1H. The second-order valence-electron chi connectivity index (χ2n) is 4.97. The summed E-state index contributed by atoms with van der Waals surface area (Å²) in [6.07, 6.45) is 0. The van der Waals surface area contributed by atoms with Crippen LogP contribution in [-0.2, 0) is 6.54 Å². The van der Waals surface area contributed by atoms with Crippen molar-refractivity contribution in [3.05, 3.63) is 52.0 Å². The highest BCUT2D eigenvalue weighted by atomic mass is 127. The van der Waals surface area contributed by atoms with Crippen LogP contribution in [0, 0.1) is 6.92 Å². The lowest BCUT2D eigenvalue weighted by Crippen LogP contribution is -2.22. The number of ether oxygens (including phenoxy) is 2. The van der Waals surface area contributed by atoms with Crippen LogP contribution in [0.4, 0.5) is 5.69 Å². The van der Waals surface area contributed by atoms with E-state index >= 15 is 0 Å². The fourth-order valence-electron chi connectivity index (χ4n) is 2.11. The zero-order valence-corrected chi connectivity index (χ0v) is 17.7. The predicted molar refractivity (Wildman–Crippen MR) is 113 cm³/mol. The molecule has 7 heteroatoms. The SMILES string of the molecule is COc1ccc(NC(N)=NCc2ccc(Br)cc2C)cc1OC.I. The fraction of sp³-hybridized carbons (Fsp3) is 0.235. The summed E-state index contributed by atoms with van der Waals surface area (Å²) in [5.74, 6) is 1.65. The first-order valence-electron chi connectivity index (χ1n) is 7.07. The molecule has 0 aromatic heterocycles. The molecule has 0 saturated carbocycles. The number of halogens is 2. The minimum absolute atomic E-state index is 0. The summed E-state index contributed by atoms with van der Waals surface area (Å²) in [5, 5.41) is 3.05. The van der Waals surface area contributed by atoms with Gasteiger partial charge < -0.3 is 20.5 Å². The van der Waals surface area contributed by atoms with Gasteiger partial charge in [0.25, 0.3) is 0 Å². The van der Waals surface area contributed by atoms with Crippen LogP contribution in [0.5, 0.6) is 11.5 Å². The third kappa shape index (κ3) is 5.55. The molecule has 0 unspecified atom stereocenters. The van der Waals surface area contributed by atoms with Crippen molar-refractivity contribution in [2.45, 2.75) is 13.5 Å². The van der Waals surface area contributed by atoms with Crippen molar-refractivity contribution in [2.24, 2.45) is 10.7 Å². The van der Waals surface area contributed by atoms with Crippen molar-refractivity contribution in [3.8, 4) is 11.5 Å². The Balaban J connectivity index is 0.00000288. The van der Waals surface area contributed by atoms with Gasteiger partial charge in [-0.15, -0.1) is 24.0 Å². The Bertz CT molecular complexity index is 723. The Hall–Kier alpha value is -1.48. The summed E-state index contributed by atoms with van der Waals surface area (Å²) in [5.41, 5.74) is 9.04. The zero-order chi connectivity index (χ0) is 16.8. The van der Waals surface area contributed by atoms with Gasteiger partial charge in [0.05, 0.1) is 20.8 Å². The molecule has 0 radical (unpaired) electrons. The average molecular weight is 506 g/mol. The molecule has 130 valence electrons. The molecule has 2 aromatic carbocycles. The third-order valence-corrected chi connectivity index (χ3v) is 3.87. The molecule has 0 bridgehead atoms. The van der Waals surface area contributed by atoms with Gasteiger partial charge in [-0.3, -0.25) is 0 Å². The number of nitrogens with zero attached hydrogens (tertiary/aromatic N) is 1. The number of guanidine groups is 1. The molecule has 24 heavy (non-hydrogen) atoms. The lowest BCUT2D eigenvalue weighted by Gasteiger charge is -2.11. The van der Waals surface area contributed by atoms with Crippen molar-refractivity contribution in [1.29, 1.82) is 0 Å². The summed E-state index contributed by atoms with van der Waals surface area (Å²) in [6, 6.07) is 11.6. The maximum absolute atomic E-state index is 5.95. The van der Waals surface area contributed by atoms with E-state index in [0.717, 1.165) is 15.7 Å². The van der Waals surface area contributed by atoms with Crippen molar-refractivity contribution in [1.82, 2.24) is 0 Å². The number of aliphatic imine (C=N–C) groups is 1. The van der Waals surface area contributed by atoms with Crippen molar-refractivity contribution in [3.63, 3.8) is 0 Å². The first kappa shape index (κ1) is 20.6. The van der Waals surface area contributed by atoms with Gasteiger partial charge in [0.15, 0.2) is 17.5 Å². The monoisotopic (exact) mass is 505 g/mol. The molecule has 0 aliphatic heterocycles. The van der Waals surface area contributed by atoms with E-state index < -0.39 is 0 Å². The maximum atomic E-state index is 5.95. The Morgan fingerprint density at radius 2 is 1.83 bits per heavy atom. The van der Waals surface area contributed by atoms with Crippen LogP contribution in [0.1, 0.15) is 11.1 Å². The quantitative estimate of drug-likeness (QED) is 0.360. The van der Waals surface area contributed by atoms with Gasteiger partial charge in [0, 0.05) is 16.2 Å². The Morgan fingerprint density at radius 1 is 1.12 bits per heavy atom. The van der Waals surface area contributed by atoms with E-state index in [1.165, 1.54) is 5.56 Å². The number of hydrogen-bond donors (Lipinski definition) is 2. The topological polar surface area (TPSA) is 68.9 Å². The van der Waals surface area contributed by atoms with E-state index in [4.69, 9.17) is 15.2 Å². The third-order valence-electron chi connectivity index (χ3n) is 3.38. The molecule has 0 spiro atoms. The van der Waals surface area contributed by atoms with Crippen LogP contribution in [0.15, 0.2) is 45.9 Å².